The number of nitrogens with one attached hydrogen (secondary N) is 1. The number of hydrogen-bond donors (Lipinski definition) is 1. The van der Waals surface area contributed by atoms with Crippen molar-refractivity contribution in [3.8, 4) is 11.5 Å². The Balaban J connectivity index is 1.93. The number of para-hydroxylation sites is 1. The molecule has 2 aromatic carbocycles. The van der Waals surface area contributed by atoms with Gasteiger partial charge in [-0.25, -0.2) is 8.42 Å². The molecule has 0 spiro atoms. The summed E-state index contributed by atoms with van der Waals surface area (Å²) in [5.74, 6) is 0.415. The molecule has 1 aliphatic rings. The van der Waals surface area contributed by atoms with Gasteiger partial charge >= 0.3 is 0 Å². The van der Waals surface area contributed by atoms with E-state index in [1.54, 1.807) is 30.3 Å². The van der Waals surface area contributed by atoms with Crippen LogP contribution in [0.15, 0.2) is 53.4 Å². The highest BCUT2D eigenvalue weighted by molar-refractivity contribution is 7.92. The van der Waals surface area contributed by atoms with Gasteiger partial charge in [-0.05, 0) is 37.1 Å². The highest BCUT2D eigenvalue weighted by Gasteiger charge is 2.29. The molecule has 0 bridgehead atoms. The zero-order valence-corrected chi connectivity index (χ0v) is 17.4. The molecular formula is C21H26N2O5S. The number of methoxy groups -OCH3 is 2. The average molecular weight is 419 g/mol. The fourth-order valence-corrected chi connectivity index (χ4v) is 4.92. The molecule has 0 aliphatic heterocycles. The van der Waals surface area contributed by atoms with Crippen molar-refractivity contribution in [2.75, 3.05) is 25.1 Å². The quantitative estimate of drug-likeness (QED) is 0.712. The summed E-state index contributed by atoms with van der Waals surface area (Å²) in [6, 6.07) is 13.1. The van der Waals surface area contributed by atoms with Crippen LogP contribution in [0.5, 0.6) is 11.5 Å². The Morgan fingerprint density at radius 2 is 1.69 bits per heavy atom. The number of ether oxygens (including phenoxy) is 2. The molecule has 0 saturated heterocycles. The molecule has 2 aromatic rings. The number of amides is 1. The van der Waals surface area contributed by atoms with Crippen LogP contribution in [-0.2, 0) is 14.8 Å². The summed E-state index contributed by atoms with van der Waals surface area (Å²) in [5, 5.41) is 2.95. The molecule has 156 valence electrons. The molecule has 0 radical (unpaired) electrons. The monoisotopic (exact) mass is 418 g/mol. The Bertz CT molecular complexity index is 941. The smallest absolute Gasteiger partial charge is 0.264 e. The predicted molar refractivity (Wildman–Crippen MR) is 111 cm³/mol. The number of anilines is 1. The predicted octanol–water partition coefficient (Wildman–Crippen LogP) is 2.96. The minimum atomic E-state index is -4.00. The lowest BCUT2D eigenvalue weighted by molar-refractivity contribution is -0.120. The van der Waals surface area contributed by atoms with E-state index in [4.69, 9.17) is 9.47 Å². The van der Waals surface area contributed by atoms with E-state index < -0.39 is 10.0 Å². The van der Waals surface area contributed by atoms with Crippen LogP contribution in [-0.4, -0.2) is 41.1 Å². The third-order valence-electron chi connectivity index (χ3n) is 4.99. The number of carbonyl (C=O) groups is 1. The van der Waals surface area contributed by atoms with Crippen LogP contribution in [0.25, 0.3) is 0 Å². The standard InChI is InChI=1S/C21H26N2O5S/c1-27-19-13-12-18(14-20(19)28-2)29(25,26)23(17-10-4-3-5-11-17)15-21(24)22-16-8-6-7-9-16/h3-5,10-14,16H,6-9,15H2,1-2H3,(H,22,24). The van der Waals surface area contributed by atoms with E-state index in [2.05, 4.69) is 5.32 Å². The lowest BCUT2D eigenvalue weighted by atomic mass is 10.2. The van der Waals surface area contributed by atoms with Crippen molar-refractivity contribution < 1.29 is 22.7 Å². The van der Waals surface area contributed by atoms with Crippen LogP contribution in [0.1, 0.15) is 25.7 Å². The maximum Gasteiger partial charge on any atom is 0.264 e. The van der Waals surface area contributed by atoms with Crippen molar-refractivity contribution in [2.24, 2.45) is 0 Å². The van der Waals surface area contributed by atoms with Gasteiger partial charge in [0.25, 0.3) is 10.0 Å². The van der Waals surface area contributed by atoms with E-state index in [0.29, 0.717) is 17.2 Å². The summed E-state index contributed by atoms with van der Waals surface area (Å²) in [6.07, 6.45) is 4.02. The van der Waals surface area contributed by atoms with Crippen molar-refractivity contribution in [1.82, 2.24) is 5.32 Å². The second-order valence-corrected chi connectivity index (χ2v) is 8.78. The first-order valence-corrected chi connectivity index (χ1v) is 11.0. The second-order valence-electron chi connectivity index (χ2n) is 6.91. The van der Waals surface area contributed by atoms with E-state index >= 15 is 0 Å². The zero-order valence-electron chi connectivity index (χ0n) is 16.6. The van der Waals surface area contributed by atoms with Crippen LogP contribution in [0.2, 0.25) is 0 Å². The van der Waals surface area contributed by atoms with Crippen LogP contribution < -0.4 is 19.1 Å². The Morgan fingerprint density at radius 1 is 1.03 bits per heavy atom. The van der Waals surface area contributed by atoms with Crippen molar-refractivity contribution in [3.63, 3.8) is 0 Å². The van der Waals surface area contributed by atoms with E-state index in [1.807, 2.05) is 0 Å². The molecule has 0 heterocycles. The molecule has 1 fully saturated rings. The van der Waals surface area contributed by atoms with Gasteiger partial charge < -0.3 is 14.8 Å². The molecule has 0 aromatic heterocycles. The van der Waals surface area contributed by atoms with Gasteiger partial charge in [-0.3, -0.25) is 9.10 Å². The van der Waals surface area contributed by atoms with Gasteiger partial charge in [0.05, 0.1) is 24.8 Å². The van der Waals surface area contributed by atoms with Gasteiger partial charge in [-0.1, -0.05) is 31.0 Å². The Hall–Kier alpha value is -2.74. The van der Waals surface area contributed by atoms with E-state index in [-0.39, 0.29) is 23.4 Å². The van der Waals surface area contributed by atoms with Gasteiger partial charge in [0, 0.05) is 12.1 Å². The van der Waals surface area contributed by atoms with Crippen LogP contribution in [0.4, 0.5) is 5.69 Å². The van der Waals surface area contributed by atoms with E-state index in [1.165, 1.54) is 32.4 Å². The fourth-order valence-electron chi connectivity index (χ4n) is 3.49. The highest BCUT2D eigenvalue weighted by Crippen LogP contribution is 2.32. The molecule has 1 aliphatic carbocycles. The Labute approximate surface area is 171 Å². The van der Waals surface area contributed by atoms with Crippen LogP contribution >= 0.6 is 0 Å². The summed E-state index contributed by atoms with van der Waals surface area (Å²) < 4.78 is 38.4. The number of benzene rings is 2. The first-order chi connectivity index (χ1) is 14.0. The summed E-state index contributed by atoms with van der Waals surface area (Å²) in [5.41, 5.74) is 0.420. The molecule has 1 N–H and O–H groups in total. The fraction of sp³-hybridized carbons (Fsp3) is 0.381. The first kappa shape index (κ1) is 21.0. The number of nitrogens with zero attached hydrogens (tertiary/aromatic N) is 1. The largest absolute Gasteiger partial charge is 0.493 e. The normalized spacial score (nSPS) is 14.4. The van der Waals surface area contributed by atoms with Crippen LogP contribution in [0, 0.1) is 0 Å². The van der Waals surface area contributed by atoms with Gasteiger partial charge in [0.15, 0.2) is 11.5 Å². The topological polar surface area (TPSA) is 84.9 Å². The number of sulfonamides is 1. The summed E-state index contributed by atoms with van der Waals surface area (Å²) in [4.78, 5) is 12.6. The number of carbonyl (C=O) groups excluding carboxylic acids is 1. The third kappa shape index (κ3) is 4.82. The number of hydrogen-bond acceptors (Lipinski definition) is 5. The first-order valence-electron chi connectivity index (χ1n) is 9.55. The maximum atomic E-state index is 13.4. The number of rotatable bonds is 8. The van der Waals surface area contributed by atoms with E-state index in [0.717, 1.165) is 30.0 Å². The molecule has 1 amide bonds. The van der Waals surface area contributed by atoms with Gasteiger partial charge in [0.1, 0.15) is 6.54 Å². The van der Waals surface area contributed by atoms with Gasteiger partial charge in [0.2, 0.25) is 5.91 Å². The SMILES string of the molecule is COc1ccc(S(=O)(=O)N(CC(=O)NC2CCCC2)c2ccccc2)cc1OC. The highest BCUT2D eigenvalue weighted by atomic mass is 32.2. The molecular weight excluding hydrogens is 392 g/mol. The molecule has 7 nitrogen and oxygen atoms in total. The van der Waals surface area contributed by atoms with Crippen molar-refractivity contribution >= 4 is 21.6 Å². The van der Waals surface area contributed by atoms with Crippen molar-refractivity contribution in [3.05, 3.63) is 48.5 Å². The van der Waals surface area contributed by atoms with E-state index in [9.17, 15) is 13.2 Å². The zero-order chi connectivity index (χ0) is 20.9. The molecule has 8 heteroatoms. The molecule has 0 unspecified atom stereocenters. The molecule has 3 rings (SSSR count). The Morgan fingerprint density at radius 3 is 2.31 bits per heavy atom. The minimum Gasteiger partial charge on any atom is -0.493 e. The summed E-state index contributed by atoms with van der Waals surface area (Å²) >= 11 is 0. The Kier molecular flexibility index (Phi) is 6.64. The van der Waals surface area contributed by atoms with Crippen molar-refractivity contribution in [2.45, 2.75) is 36.6 Å². The average Bonchev–Trinajstić information content (AvgIpc) is 3.24. The summed E-state index contributed by atoms with van der Waals surface area (Å²) in [7, 11) is -1.08. The third-order valence-corrected chi connectivity index (χ3v) is 6.76. The van der Waals surface area contributed by atoms with Gasteiger partial charge in [-0.15, -0.1) is 0 Å². The molecule has 0 atom stereocenters. The van der Waals surface area contributed by atoms with Gasteiger partial charge in [-0.2, -0.15) is 0 Å². The minimum absolute atomic E-state index is 0.0210. The van der Waals surface area contributed by atoms with Crippen LogP contribution in [0.3, 0.4) is 0 Å². The summed E-state index contributed by atoms with van der Waals surface area (Å²) in [6.45, 7) is -0.294. The van der Waals surface area contributed by atoms with Crippen molar-refractivity contribution in [1.29, 1.82) is 0 Å². The molecule has 1 saturated carbocycles. The molecule has 29 heavy (non-hydrogen) atoms. The second kappa shape index (κ2) is 9.17. The lowest BCUT2D eigenvalue weighted by Gasteiger charge is -2.25. The lowest BCUT2D eigenvalue weighted by Crippen LogP contribution is -2.43. The maximum absolute atomic E-state index is 13.4.